The van der Waals surface area contributed by atoms with Gasteiger partial charge in [0.05, 0.1) is 11.4 Å². The van der Waals surface area contributed by atoms with E-state index < -0.39 is 5.97 Å². The molecule has 3 aromatic rings. The maximum absolute atomic E-state index is 11.6. The summed E-state index contributed by atoms with van der Waals surface area (Å²) in [5.41, 5.74) is 1.22. The van der Waals surface area contributed by atoms with E-state index in [-0.39, 0.29) is 17.8 Å². The van der Waals surface area contributed by atoms with Gasteiger partial charge in [-0.3, -0.25) is 4.68 Å². The summed E-state index contributed by atoms with van der Waals surface area (Å²) in [6.07, 6.45) is 0. The molecule has 3 rings (SSSR count). The number of halogens is 1. The van der Waals surface area contributed by atoms with Crippen LogP contribution in [0.3, 0.4) is 0 Å². The number of nitriles is 1. The van der Waals surface area contributed by atoms with E-state index in [9.17, 15) is 15.2 Å². The maximum atomic E-state index is 11.6. The van der Waals surface area contributed by atoms with Gasteiger partial charge in [0.1, 0.15) is 17.3 Å². The Hall–Kier alpha value is -2.62. The van der Waals surface area contributed by atoms with Gasteiger partial charge in [0.2, 0.25) is 0 Å². The molecule has 0 unspecified atom stereocenters. The van der Waals surface area contributed by atoms with Crippen LogP contribution in [0.4, 0.5) is 0 Å². The lowest BCUT2D eigenvalue weighted by Crippen LogP contribution is -2.12. The van der Waals surface area contributed by atoms with Crippen LogP contribution >= 0.6 is 22.9 Å². The second-order valence-corrected chi connectivity index (χ2v) is 6.13. The topological polar surface area (TPSA) is 78.9 Å². The predicted molar refractivity (Wildman–Crippen MR) is 87.8 cm³/mol. The zero-order valence-electron chi connectivity index (χ0n) is 11.7. The van der Waals surface area contributed by atoms with Crippen LogP contribution in [0, 0.1) is 11.3 Å². The van der Waals surface area contributed by atoms with E-state index in [4.69, 9.17) is 11.6 Å². The quantitative estimate of drug-likeness (QED) is 0.779. The lowest BCUT2D eigenvalue weighted by Gasteiger charge is -2.05. The Labute approximate surface area is 141 Å². The van der Waals surface area contributed by atoms with Crippen molar-refractivity contribution in [1.29, 1.82) is 5.26 Å². The van der Waals surface area contributed by atoms with Crippen molar-refractivity contribution in [3.05, 3.63) is 63.6 Å². The second-order valence-electron chi connectivity index (χ2n) is 4.75. The normalized spacial score (nSPS) is 10.4. The molecule has 0 spiro atoms. The fraction of sp³-hybridized carbons (Fsp3) is 0.0625. The van der Waals surface area contributed by atoms with Gasteiger partial charge < -0.3 is 5.11 Å². The van der Waals surface area contributed by atoms with Crippen molar-refractivity contribution >= 4 is 28.9 Å². The number of aromatic carboxylic acids is 1. The monoisotopic (exact) mass is 343 g/mol. The van der Waals surface area contributed by atoms with Crippen molar-refractivity contribution < 1.29 is 9.90 Å². The molecule has 0 radical (unpaired) electrons. The van der Waals surface area contributed by atoms with Gasteiger partial charge in [0, 0.05) is 5.02 Å². The molecule has 2 heterocycles. The molecule has 0 aliphatic heterocycles. The maximum Gasteiger partial charge on any atom is 0.355 e. The summed E-state index contributed by atoms with van der Waals surface area (Å²) < 4.78 is 1.35. The number of carboxylic acid groups (broad SMARTS) is 1. The summed E-state index contributed by atoms with van der Waals surface area (Å²) in [6.45, 7) is 0.249. The molecule has 0 aliphatic carbocycles. The summed E-state index contributed by atoms with van der Waals surface area (Å²) in [4.78, 5) is 12.4. The van der Waals surface area contributed by atoms with Gasteiger partial charge in [-0.05, 0) is 29.1 Å². The minimum atomic E-state index is -1.18. The molecular formula is C16H10ClN3O2S. The molecule has 0 saturated heterocycles. The average molecular weight is 344 g/mol. The molecule has 0 aliphatic rings. The zero-order valence-corrected chi connectivity index (χ0v) is 13.3. The third kappa shape index (κ3) is 2.97. The number of hydrogen-bond acceptors (Lipinski definition) is 4. The highest BCUT2D eigenvalue weighted by Crippen LogP contribution is 2.29. The number of benzene rings is 1. The molecule has 5 nitrogen and oxygen atoms in total. The molecule has 23 heavy (non-hydrogen) atoms. The van der Waals surface area contributed by atoms with Crippen molar-refractivity contribution in [2.24, 2.45) is 0 Å². The Balaban J connectivity index is 2.11. The number of nitrogens with zero attached hydrogens (tertiary/aromatic N) is 3. The van der Waals surface area contributed by atoms with Crippen LogP contribution in [0.1, 0.15) is 21.6 Å². The van der Waals surface area contributed by atoms with Crippen molar-refractivity contribution in [2.75, 3.05) is 0 Å². The standard InChI is InChI=1S/C16H10ClN3O2S/c17-11-5-3-10(4-6-11)9-20-15(16(21)22)12(8-18)14(19-20)13-2-1-7-23-13/h1-7H,9H2,(H,21,22). The van der Waals surface area contributed by atoms with Gasteiger partial charge in [0.25, 0.3) is 0 Å². The number of hydrogen-bond donors (Lipinski definition) is 1. The minimum absolute atomic E-state index is 0.0777. The number of carbonyl (C=O) groups is 1. The summed E-state index contributed by atoms with van der Waals surface area (Å²) in [5, 5.41) is 25.7. The lowest BCUT2D eigenvalue weighted by molar-refractivity contribution is 0.0683. The van der Waals surface area contributed by atoms with Gasteiger partial charge in [-0.25, -0.2) is 4.79 Å². The van der Waals surface area contributed by atoms with Crippen molar-refractivity contribution in [2.45, 2.75) is 6.54 Å². The summed E-state index contributed by atoms with van der Waals surface area (Å²) in [5.74, 6) is -1.18. The first-order valence-corrected chi connectivity index (χ1v) is 7.88. The van der Waals surface area contributed by atoms with Crippen molar-refractivity contribution in [3.63, 3.8) is 0 Å². The predicted octanol–water partition coefficient (Wildman–Crippen LogP) is 3.88. The van der Waals surface area contributed by atoms with Crippen LogP contribution in [0.5, 0.6) is 0 Å². The Kier molecular flexibility index (Phi) is 4.15. The molecule has 114 valence electrons. The van der Waals surface area contributed by atoms with E-state index in [0.717, 1.165) is 10.4 Å². The van der Waals surface area contributed by atoms with Crippen LogP contribution in [0.15, 0.2) is 41.8 Å². The Bertz CT molecular complexity index is 893. The summed E-state index contributed by atoms with van der Waals surface area (Å²) in [6, 6.07) is 12.7. The molecule has 0 bridgehead atoms. The molecule has 7 heteroatoms. The van der Waals surface area contributed by atoms with E-state index >= 15 is 0 Å². The Morgan fingerprint density at radius 1 is 1.35 bits per heavy atom. The van der Waals surface area contributed by atoms with Gasteiger partial charge in [-0.2, -0.15) is 10.4 Å². The van der Waals surface area contributed by atoms with Crippen LogP contribution < -0.4 is 0 Å². The third-order valence-corrected chi connectivity index (χ3v) is 4.40. The van der Waals surface area contributed by atoms with Crippen LogP contribution in [0.2, 0.25) is 5.02 Å². The van der Waals surface area contributed by atoms with Gasteiger partial charge in [-0.15, -0.1) is 11.3 Å². The zero-order chi connectivity index (χ0) is 16.4. The van der Waals surface area contributed by atoms with E-state index in [1.165, 1.54) is 16.0 Å². The molecule has 0 amide bonds. The minimum Gasteiger partial charge on any atom is -0.476 e. The largest absolute Gasteiger partial charge is 0.476 e. The highest BCUT2D eigenvalue weighted by molar-refractivity contribution is 7.13. The van der Waals surface area contributed by atoms with Crippen molar-refractivity contribution in [3.8, 4) is 16.6 Å². The molecule has 1 aromatic carbocycles. The summed E-state index contributed by atoms with van der Waals surface area (Å²) >= 11 is 7.27. The Morgan fingerprint density at radius 2 is 2.09 bits per heavy atom. The fourth-order valence-electron chi connectivity index (χ4n) is 2.25. The van der Waals surface area contributed by atoms with Gasteiger partial charge in [0.15, 0.2) is 5.69 Å². The highest BCUT2D eigenvalue weighted by atomic mass is 35.5. The first-order chi connectivity index (χ1) is 11.1. The van der Waals surface area contributed by atoms with E-state index in [2.05, 4.69) is 5.10 Å². The Morgan fingerprint density at radius 3 is 2.65 bits per heavy atom. The van der Waals surface area contributed by atoms with E-state index in [1.807, 2.05) is 23.6 Å². The first kappa shape index (κ1) is 15.3. The first-order valence-electron chi connectivity index (χ1n) is 6.62. The molecule has 0 atom stereocenters. The number of aromatic nitrogens is 2. The SMILES string of the molecule is N#Cc1c(-c2cccs2)nn(Cc2ccc(Cl)cc2)c1C(=O)O. The number of carboxylic acids is 1. The molecule has 0 fully saturated rings. The second kappa shape index (κ2) is 6.24. The van der Waals surface area contributed by atoms with Crippen LogP contribution in [-0.2, 0) is 6.54 Å². The molecule has 2 aromatic heterocycles. The molecule has 1 N–H and O–H groups in total. The lowest BCUT2D eigenvalue weighted by atomic mass is 10.1. The van der Waals surface area contributed by atoms with Crippen LogP contribution in [0.25, 0.3) is 10.6 Å². The molecular weight excluding hydrogens is 334 g/mol. The van der Waals surface area contributed by atoms with E-state index in [1.54, 1.807) is 24.3 Å². The molecule has 0 saturated carbocycles. The van der Waals surface area contributed by atoms with Crippen LogP contribution in [-0.4, -0.2) is 20.9 Å². The van der Waals surface area contributed by atoms with Crippen molar-refractivity contribution in [1.82, 2.24) is 9.78 Å². The third-order valence-electron chi connectivity index (χ3n) is 3.27. The fourth-order valence-corrected chi connectivity index (χ4v) is 3.09. The van der Waals surface area contributed by atoms with E-state index in [0.29, 0.717) is 10.7 Å². The average Bonchev–Trinajstić information content (AvgIpc) is 3.16. The smallest absolute Gasteiger partial charge is 0.355 e. The number of thiophene rings is 1. The van der Waals surface area contributed by atoms with Gasteiger partial charge >= 0.3 is 5.97 Å². The number of rotatable bonds is 4. The summed E-state index contributed by atoms with van der Waals surface area (Å²) in [7, 11) is 0. The van der Waals surface area contributed by atoms with Gasteiger partial charge in [-0.1, -0.05) is 29.8 Å². The highest BCUT2D eigenvalue weighted by Gasteiger charge is 2.24.